The third-order valence-electron chi connectivity index (χ3n) is 2.33. The number of rotatable bonds is 3. The standard InChI is InChI=1S/C13H10O4S/c14-10-4-3-8(7-11(10)15)6-9(13(16)17)12-2-1-5-18-12/h1-7,14-15H,(H,16,17). The van der Waals surface area contributed by atoms with E-state index in [-0.39, 0.29) is 17.1 Å². The molecule has 2 rings (SSSR count). The van der Waals surface area contributed by atoms with E-state index in [1.165, 1.54) is 35.6 Å². The van der Waals surface area contributed by atoms with Crippen LogP contribution in [0.2, 0.25) is 0 Å². The van der Waals surface area contributed by atoms with E-state index < -0.39 is 5.97 Å². The van der Waals surface area contributed by atoms with Crippen molar-refractivity contribution in [3.63, 3.8) is 0 Å². The molecular formula is C13H10O4S. The SMILES string of the molecule is O=C(O)C(=Cc1ccc(O)c(O)c1)c1cccs1. The molecule has 0 amide bonds. The zero-order valence-electron chi connectivity index (χ0n) is 9.20. The number of phenols is 2. The van der Waals surface area contributed by atoms with E-state index in [1.54, 1.807) is 17.5 Å². The smallest absolute Gasteiger partial charge is 0.337 e. The number of aromatic hydroxyl groups is 2. The number of hydrogen-bond donors (Lipinski definition) is 3. The summed E-state index contributed by atoms with van der Waals surface area (Å²) < 4.78 is 0. The normalized spacial score (nSPS) is 11.4. The average molecular weight is 262 g/mol. The van der Waals surface area contributed by atoms with Gasteiger partial charge in [0, 0.05) is 4.88 Å². The van der Waals surface area contributed by atoms with Crippen molar-refractivity contribution in [2.75, 3.05) is 0 Å². The fourth-order valence-electron chi connectivity index (χ4n) is 1.47. The average Bonchev–Trinajstić information content (AvgIpc) is 2.83. The van der Waals surface area contributed by atoms with Gasteiger partial charge in [-0.1, -0.05) is 12.1 Å². The van der Waals surface area contributed by atoms with Gasteiger partial charge in [0.2, 0.25) is 0 Å². The highest BCUT2D eigenvalue weighted by Gasteiger charge is 2.11. The molecule has 3 N–H and O–H groups in total. The van der Waals surface area contributed by atoms with Crippen LogP contribution in [0.25, 0.3) is 11.6 Å². The highest BCUT2D eigenvalue weighted by Crippen LogP contribution is 2.28. The maximum absolute atomic E-state index is 11.2. The van der Waals surface area contributed by atoms with Crippen molar-refractivity contribution < 1.29 is 20.1 Å². The lowest BCUT2D eigenvalue weighted by Crippen LogP contribution is -1.97. The number of phenolic OH excluding ortho intramolecular Hbond substituents is 2. The summed E-state index contributed by atoms with van der Waals surface area (Å²) in [4.78, 5) is 11.8. The molecule has 0 atom stereocenters. The molecule has 0 fully saturated rings. The molecule has 1 aromatic carbocycles. The Bertz CT molecular complexity index is 599. The first-order valence-electron chi connectivity index (χ1n) is 5.09. The molecule has 18 heavy (non-hydrogen) atoms. The third-order valence-corrected chi connectivity index (χ3v) is 3.23. The molecule has 0 aliphatic heterocycles. The van der Waals surface area contributed by atoms with E-state index in [2.05, 4.69) is 0 Å². The van der Waals surface area contributed by atoms with Gasteiger partial charge in [0.1, 0.15) is 0 Å². The van der Waals surface area contributed by atoms with Crippen LogP contribution in [0.1, 0.15) is 10.4 Å². The summed E-state index contributed by atoms with van der Waals surface area (Å²) in [6, 6.07) is 7.64. The highest BCUT2D eigenvalue weighted by atomic mass is 32.1. The molecular weight excluding hydrogens is 252 g/mol. The van der Waals surface area contributed by atoms with E-state index in [0.29, 0.717) is 10.4 Å². The quantitative estimate of drug-likeness (QED) is 0.587. The Morgan fingerprint density at radius 2 is 1.94 bits per heavy atom. The fourth-order valence-corrected chi connectivity index (χ4v) is 2.20. The predicted molar refractivity (Wildman–Crippen MR) is 69.6 cm³/mol. The molecule has 92 valence electrons. The minimum Gasteiger partial charge on any atom is -0.504 e. The van der Waals surface area contributed by atoms with Gasteiger partial charge in [0.05, 0.1) is 5.57 Å². The van der Waals surface area contributed by atoms with Crippen molar-refractivity contribution in [1.82, 2.24) is 0 Å². The second-order valence-corrected chi connectivity index (χ2v) is 4.54. The summed E-state index contributed by atoms with van der Waals surface area (Å²) >= 11 is 1.32. The minimum atomic E-state index is -1.04. The van der Waals surface area contributed by atoms with Gasteiger partial charge in [0.15, 0.2) is 11.5 Å². The van der Waals surface area contributed by atoms with Crippen molar-refractivity contribution in [1.29, 1.82) is 0 Å². The first kappa shape index (κ1) is 12.2. The van der Waals surface area contributed by atoms with E-state index >= 15 is 0 Å². The maximum atomic E-state index is 11.2. The molecule has 1 aromatic heterocycles. The van der Waals surface area contributed by atoms with E-state index in [9.17, 15) is 15.0 Å². The zero-order chi connectivity index (χ0) is 13.1. The number of hydrogen-bond acceptors (Lipinski definition) is 4. The van der Waals surface area contributed by atoms with Gasteiger partial charge in [-0.2, -0.15) is 0 Å². The number of carboxylic acid groups (broad SMARTS) is 1. The Hall–Kier alpha value is -2.27. The fraction of sp³-hybridized carbons (Fsp3) is 0. The van der Waals surface area contributed by atoms with E-state index in [1.807, 2.05) is 0 Å². The van der Waals surface area contributed by atoms with Gasteiger partial charge in [-0.25, -0.2) is 4.79 Å². The van der Waals surface area contributed by atoms with Gasteiger partial charge in [0.25, 0.3) is 0 Å². The second kappa shape index (κ2) is 4.93. The molecule has 0 bridgehead atoms. The summed E-state index contributed by atoms with van der Waals surface area (Å²) in [6.45, 7) is 0. The summed E-state index contributed by atoms with van der Waals surface area (Å²) in [6.07, 6.45) is 1.45. The van der Waals surface area contributed by atoms with E-state index in [0.717, 1.165) is 0 Å². The number of benzene rings is 1. The molecule has 0 spiro atoms. The summed E-state index contributed by atoms with van der Waals surface area (Å²) in [5.74, 6) is -1.55. The van der Waals surface area contributed by atoms with Crippen LogP contribution in [-0.2, 0) is 4.79 Å². The maximum Gasteiger partial charge on any atom is 0.337 e. The third kappa shape index (κ3) is 2.52. The largest absolute Gasteiger partial charge is 0.504 e. The van der Waals surface area contributed by atoms with Crippen molar-refractivity contribution >= 4 is 29.0 Å². The molecule has 5 heteroatoms. The molecule has 0 aliphatic rings. The summed E-state index contributed by atoms with van der Waals surface area (Å²) in [5.41, 5.74) is 0.659. The number of aliphatic carboxylic acids is 1. The Morgan fingerprint density at radius 3 is 2.50 bits per heavy atom. The van der Waals surface area contributed by atoms with Crippen molar-refractivity contribution in [2.45, 2.75) is 0 Å². The lowest BCUT2D eigenvalue weighted by Gasteiger charge is -2.02. The van der Waals surface area contributed by atoms with Gasteiger partial charge < -0.3 is 15.3 Å². The predicted octanol–water partition coefficient (Wildman–Crippen LogP) is 2.78. The van der Waals surface area contributed by atoms with Crippen LogP contribution in [0.4, 0.5) is 0 Å². The van der Waals surface area contributed by atoms with Crippen molar-refractivity contribution in [2.24, 2.45) is 0 Å². The van der Waals surface area contributed by atoms with Crippen LogP contribution in [-0.4, -0.2) is 21.3 Å². The topological polar surface area (TPSA) is 77.8 Å². The highest BCUT2D eigenvalue weighted by molar-refractivity contribution is 7.11. The summed E-state index contributed by atoms with van der Waals surface area (Å²) in [5, 5.41) is 29.5. The molecule has 0 saturated heterocycles. The van der Waals surface area contributed by atoms with Crippen LogP contribution in [0.15, 0.2) is 35.7 Å². The van der Waals surface area contributed by atoms with Crippen LogP contribution in [0.3, 0.4) is 0 Å². The van der Waals surface area contributed by atoms with Crippen LogP contribution in [0, 0.1) is 0 Å². The molecule has 1 heterocycles. The molecule has 0 saturated carbocycles. The van der Waals surface area contributed by atoms with Gasteiger partial charge in [-0.3, -0.25) is 0 Å². The van der Waals surface area contributed by atoms with Crippen molar-refractivity contribution in [3.8, 4) is 11.5 Å². The molecule has 0 aliphatic carbocycles. The van der Waals surface area contributed by atoms with Gasteiger partial charge >= 0.3 is 5.97 Å². The Labute approximate surface area is 107 Å². The Morgan fingerprint density at radius 1 is 1.17 bits per heavy atom. The number of thiophene rings is 1. The molecule has 0 radical (unpaired) electrons. The Kier molecular flexibility index (Phi) is 3.34. The zero-order valence-corrected chi connectivity index (χ0v) is 10.0. The van der Waals surface area contributed by atoms with E-state index in [4.69, 9.17) is 5.11 Å². The van der Waals surface area contributed by atoms with Crippen LogP contribution < -0.4 is 0 Å². The first-order chi connectivity index (χ1) is 8.58. The molecule has 4 nitrogen and oxygen atoms in total. The number of carboxylic acids is 1. The van der Waals surface area contributed by atoms with Gasteiger partial charge in [-0.15, -0.1) is 11.3 Å². The van der Waals surface area contributed by atoms with Crippen LogP contribution in [0.5, 0.6) is 11.5 Å². The monoisotopic (exact) mass is 262 g/mol. The summed E-state index contributed by atoms with van der Waals surface area (Å²) in [7, 11) is 0. The van der Waals surface area contributed by atoms with Gasteiger partial charge in [-0.05, 0) is 35.2 Å². The lowest BCUT2D eigenvalue weighted by molar-refractivity contribution is -0.130. The molecule has 2 aromatic rings. The number of carbonyl (C=O) groups is 1. The minimum absolute atomic E-state index is 0.148. The Balaban J connectivity index is 2.45. The molecule has 0 unspecified atom stereocenters. The van der Waals surface area contributed by atoms with Crippen molar-refractivity contribution in [3.05, 3.63) is 46.2 Å². The first-order valence-corrected chi connectivity index (χ1v) is 5.97. The van der Waals surface area contributed by atoms with Crippen LogP contribution >= 0.6 is 11.3 Å². The second-order valence-electron chi connectivity index (χ2n) is 3.59. The lowest BCUT2D eigenvalue weighted by atomic mass is 10.1.